The van der Waals surface area contributed by atoms with E-state index in [1.807, 2.05) is 11.0 Å². The lowest BCUT2D eigenvalue weighted by molar-refractivity contribution is -0.125. The van der Waals surface area contributed by atoms with E-state index >= 15 is 0 Å². The van der Waals surface area contributed by atoms with Gasteiger partial charge in [0.15, 0.2) is 0 Å². The molecule has 0 saturated carbocycles. The Balaban J connectivity index is 2.00. The van der Waals surface area contributed by atoms with Crippen molar-refractivity contribution >= 4 is 12.0 Å². The maximum atomic E-state index is 12.0. The lowest BCUT2D eigenvalue weighted by Gasteiger charge is -2.17. The second kappa shape index (κ2) is 6.24. The first-order valence-corrected chi connectivity index (χ1v) is 6.52. The minimum atomic E-state index is 0.0418. The van der Waals surface area contributed by atoms with Gasteiger partial charge in [-0.25, -0.2) is 0 Å². The van der Waals surface area contributed by atoms with Crippen molar-refractivity contribution in [2.75, 3.05) is 13.1 Å². The third kappa shape index (κ3) is 3.36. The standard InChI is InChI=1S/C15H19NO2/c17-14-8-4-3-7-13(14)9-10-15(18)16-11-5-1-2-6-12-16/h3-4,7-10,17H,1-2,5-6,11-12H2. The molecule has 3 heteroatoms. The van der Waals surface area contributed by atoms with Crippen molar-refractivity contribution in [2.24, 2.45) is 0 Å². The van der Waals surface area contributed by atoms with Gasteiger partial charge >= 0.3 is 0 Å². The van der Waals surface area contributed by atoms with E-state index in [2.05, 4.69) is 0 Å². The number of carbonyl (C=O) groups is 1. The molecule has 1 aromatic rings. The molecule has 18 heavy (non-hydrogen) atoms. The highest BCUT2D eigenvalue weighted by Gasteiger charge is 2.12. The van der Waals surface area contributed by atoms with Crippen LogP contribution >= 0.6 is 0 Å². The van der Waals surface area contributed by atoms with Crippen molar-refractivity contribution in [1.29, 1.82) is 0 Å². The summed E-state index contributed by atoms with van der Waals surface area (Å²) in [5, 5.41) is 9.60. The molecule has 1 saturated heterocycles. The second-order valence-corrected chi connectivity index (χ2v) is 4.63. The van der Waals surface area contributed by atoms with Gasteiger partial charge in [-0.3, -0.25) is 4.79 Å². The zero-order chi connectivity index (χ0) is 12.8. The normalized spacial score (nSPS) is 16.8. The molecule has 0 spiro atoms. The Morgan fingerprint density at radius 1 is 1.11 bits per heavy atom. The summed E-state index contributed by atoms with van der Waals surface area (Å²) in [7, 11) is 0. The number of carbonyl (C=O) groups excluding carboxylic acids is 1. The Labute approximate surface area is 108 Å². The molecule has 1 aliphatic rings. The van der Waals surface area contributed by atoms with Gasteiger partial charge in [-0.05, 0) is 25.0 Å². The van der Waals surface area contributed by atoms with Gasteiger partial charge in [0.05, 0.1) is 0 Å². The molecule has 96 valence electrons. The molecule has 3 nitrogen and oxygen atoms in total. The van der Waals surface area contributed by atoms with Gasteiger partial charge in [-0.2, -0.15) is 0 Å². The van der Waals surface area contributed by atoms with Crippen molar-refractivity contribution in [3.05, 3.63) is 35.9 Å². The van der Waals surface area contributed by atoms with Crippen molar-refractivity contribution in [2.45, 2.75) is 25.7 Å². The van der Waals surface area contributed by atoms with E-state index in [0.717, 1.165) is 25.9 Å². The quantitative estimate of drug-likeness (QED) is 0.814. The summed E-state index contributed by atoms with van der Waals surface area (Å²) in [4.78, 5) is 13.9. The molecule has 0 aliphatic carbocycles. The van der Waals surface area contributed by atoms with E-state index in [1.165, 1.54) is 12.8 Å². The number of rotatable bonds is 2. The molecule has 0 unspecified atom stereocenters. The molecular formula is C15H19NO2. The number of aromatic hydroxyl groups is 1. The van der Waals surface area contributed by atoms with Gasteiger partial charge in [0, 0.05) is 24.7 Å². The average molecular weight is 245 g/mol. The second-order valence-electron chi connectivity index (χ2n) is 4.63. The Morgan fingerprint density at radius 3 is 2.44 bits per heavy atom. The predicted molar refractivity (Wildman–Crippen MR) is 72.2 cm³/mol. The molecule has 0 aromatic heterocycles. The van der Waals surface area contributed by atoms with Crippen LogP contribution < -0.4 is 0 Å². The fourth-order valence-electron chi connectivity index (χ4n) is 2.19. The van der Waals surface area contributed by atoms with Crippen LogP contribution in [0.1, 0.15) is 31.2 Å². The van der Waals surface area contributed by atoms with Gasteiger partial charge in [0.2, 0.25) is 5.91 Å². The summed E-state index contributed by atoms with van der Waals surface area (Å²) < 4.78 is 0. The van der Waals surface area contributed by atoms with E-state index in [0.29, 0.717) is 5.56 Å². The third-order valence-electron chi connectivity index (χ3n) is 3.26. The summed E-state index contributed by atoms with van der Waals surface area (Å²) in [5.74, 6) is 0.248. The number of hydrogen-bond acceptors (Lipinski definition) is 2. The van der Waals surface area contributed by atoms with Crippen LogP contribution in [0.3, 0.4) is 0 Å². The third-order valence-corrected chi connectivity index (χ3v) is 3.26. The largest absolute Gasteiger partial charge is 0.507 e. The summed E-state index contributed by atoms with van der Waals surface area (Å²) in [6.45, 7) is 1.70. The predicted octanol–water partition coefficient (Wildman–Crippen LogP) is 2.81. The van der Waals surface area contributed by atoms with Crippen molar-refractivity contribution < 1.29 is 9.90 Å². The van der Waals surface area contributed by atoms with Gasteiger partial charge in [0.25, 0.3) is 0 Å². The number of nitrogens with zero attached hydrogens (tertiary/aromatic N) is 1. The van der Waals surface area contributed by atoms with Crippen LogP contribution in [-0.2, 0) is 4.79 Å². The Hall–Kier alpha value is -1.77. The molecule has 0 atom stereocenters. The van der Waals surface area contributed by atoms with Crippen LogP contribution in [0.25, 0.3) is 6.08 Å². The monoisotopic (exact) mass is 245 g/mol. The number of amides is 1. The topological polar surface area (TPSA) is 40.5 Å². The summed E-state index contributed by atoms with van der Waals surface area (Å²) in [5.41, 5.74) is 0.681. The van der Waals surface area contributed by atoms with E-state index in [-0.39, 0.29) is 11.7 Å². The maximum absolute atomic E-state index is 12.0. The minimum absolute atomic E-state index is 0.0418. The van der Waals surface area contributed by atoms with Gasteiger partial charge < -0.3 is 10.0 Å². The molecule has 1 aromatic carbocycles. The Kier molecular flexibility index (Phi) is 4.40. The van der Waals surface area contributed by atoms with Crippen LogP contribution in [0.2, 0.25) is 0 Å². The van der Waals surface area contributed by atoms with Gasteiger partial charge in [-0.1, -0.05) is 31.0 Å². The van der Waals surface area contributed by atoms with Crippen molar-refractivity contribution in [1.82, 2.24) is 4.90 Å². The first-order valence-electron chi connectivity index (χ1n) is 6.52. The number of phenolic OH excluding ortho intramolecular Hbond substituents is 1. The van der Waals surface area contributed by atoms with E-state index in [4.69, 9.17) is 0 Å². The molecular weight excluding hydrogens is 226 g/mol. The summed E-state index contributed by atoms with van der Waals surface area (Å²) >= 11 is 0. The first-order chi connectivity index (χ1) is 8.77. The van der Waals surface area contributed by atoms with Crippen LogP contribution in [0.4, 0.5) is 0 Å². The number of phenols is 1. The fraction of sp³-hybridized carbons (Fsp3) is 0.400. The highest BCUT2D eigenvalue weighted by atomic mass is 16.3. The summed E-state index contributed by atoms with van der Waals surface area (Å²) in [6, 6.07) is 7.02. The number of likely N-dealkylation sites (tertiary alicyclic amines) is 1. The highest BCUT2D eigenvalue weighted by molar-refractivity contribution is 5.92. The van der Waals surface area contributed by atoms with E-state index in [1.54, 1.807) is 30.4 Å². The summed E-state index contributed by atoms with van der Waals surface area (Å²) in [6.07, 6.45) is 7.86. The van der Waals surface area contributed by atoms with Gasteiger partial charge in [-0.15, -0.1) is 0 Å². The molecule has 0 bridgehead atoms. The number of hydrogen-bond donors (Lipinski definition) is 1. The average Bonchev–Trinajstić information content (AvgIpc) is 2.66. The lowest BCUT2D eigenvalue weighted by atomic mass is 10.2. The van der Waals surface area contributed by atoms with Crippen LogP contribution in [0.15, 0.2) is 30.3 Å². The smallest absolute Gasteiger partial charge is 0.246 e. The number of para-hydroxylation sites is 1. The van der Waals surface area contributed by atoms with Crippen LogP contribution in [0, 0.1) is 0 Å². The molecule has 1 fully saturated rings. The minimum Gasteiger partial charge on any atom is -0.507 e. The van der Waals surface area contributed by atoms with Crippen LogP contribution in [-0.4, -0.2) is 29.0 Å². The Morgan fingerprint density at radius 2 is 1.78 bits per heavy atom. The zero-order valence-corrected chi connectivity index (χ0v) is 10.5. The maximum Gasteiger partial charge on any atom is 0.246 e. The first kappa shape index (κ1) is 12.7. The molecule has 1 heterocycles. The SMILES string of the molecule is O=C(C=Cc1ccccc1O)N1CCCCCC1. The van der Waals surface area contributed by atoms with Crippen LogP contribution in [0.5, 0.6) is 5.75 Å². The number of benzene rings is 1. The molecule has 1 aliphatic heterocycles. The molecule has 0 radical (unpaired) electrons. The van der Waals surface area contributed by atoms with Crippen molar-refractivity contribution in [3.63, 3.8) is 0 Å². The molecule has 2 rings (SSSR count). The zero-order valence-electron chi connectivity index (χ0n) is 10.5. The molecule has 1 N–H and O–H groups in total. The van der Waals surface area contributed by atoms with Gasteiger partial charge in [0.1, 0.15) is 5.75 Å². The highest BCUT2D eigenvalue weighted by Crippen LogP contribution is 2.17. The lowest BCUT2D eigenvalue weighted by Crippen LogP contribution is -2.30. The van der Waals surface area contributed by atoms with E-state index < -0.39 is 0 Å². The Bertz CT molecular complexity index is 432. The van der Waals surface area contributed by atoms with E-state index in [9.17, 15) is 9.90 Å². The van der Waals surface area contributed by atoms with Crippen molar-refractivity contribution in [3.8, 4) is 5.75 Å². The fourth-order valence-corrected chi connectivity index (χ4v) is 2.19. The molecule has 1 amide bonds.